The average Bonchev–Trinajstić information content (AvgIpc) is 2.53. The average molecular weight is 346 g/mol. The van der Waals surface area contributed by atoms with E-state index in [0.717, 1.165) is 5.56 Å². The third-order valence-corrected chi connectivity index (χ3v) is 4.62. The maximum atomic E-state index is 12.5. The summed E-state index contributed by atoms with van der Waals surface area (Å²) in [4.78, 5) is 12.6. The van der Waals surface area contributed by atoms with Gasteiger partial charge in [-0.1, -0.05) is 29.8 Å². The fourth-order valence-corrected chi connectivity index (χ4v) is 3.11. The second-order valence-electron chi connectivity index (χ2n) is 5.48. The summed E-state index contributed by atoms with van der Waals surface area (Å²) in [6, 6.07) is 12.3. The molecule has 0 unspecified atom stereocenters. The van der Waals surface area contributed by atoms with Crippen molar-refractivity contribution in [3.8, 4) is 0 Å². The van der Waals surface area contributed by atoms with Crippen molar-refractivity contribution in [1.82, 2.24) is 4.90 Å². The Morgan fingerprint density at radius 1 is 0.958 bits per heavy atom. The topological polar surface area (TPSA) is 87.0 Å². The Hall–Kier alpha value is -2.67. The molecule has 0 aromatic heterocycles. The second-order valence-corrected chi connectivity index (χ2v) is 7.08. The molecule has 1 N–H and O–H groups in total. The largest absolute Gasteiger partial charge is 0.478 e. The summed E-state index contributed by atoms with van der Waals surface area (Å²) in [5.74, 6) is -0.815. The van der Waals surface area contributed by atoms with Crippen molar-refractivity contribution in [2.45, 2.75) is 11.8 Å². The molecule has 0 atom stereocenters. The van der Waals surface area contributed by atoms with Crippen LogP contribution in [0.15, 0.2) is 57.8 Å². The fraction of sp³-hybridized carbons (Fsp3) is 0.176. The molecule has 0 fully saturated rings. The molecule has 0 spiro atoms. The van der Waals surface area contributed by atoms with Gasteiger partial charge >= 0.3 is 5.97 Å². The van der Waals surface area contributed by atoms with E-state index in [0.29, 0.717) is 5.56 Å². The van der Waals surface area contributed by atoms with Gasteiger partial charge in [0, 0.05) is 19.7 Å². The minimum absolute atomic E-state index is 0.106. The van der Waals surface area contributed by atoms with Gasteiger partial charge in [-0.15, -0.1) is 4.40 Å². The second kappa shape index (κ2) is 6.84. The molecule has 0 aliphatic rings. The van der Waals surface area contributed by atoms with Gasteiger partial charge in [0.1, 0.15) is 5.84 Å². The van der Waals surface area contributed by atoms with Crippen LogP contribution in [0, 0.1) is 6.92 Å². The van der Waals surface area contributed by atoms with Gasteiger partial charge in [0.15, 0.2) is 0 Å². The minimum Gasteiger partial charge on any atom is -0.478 e. The highest BCUT2D eigenvalue weighted by Crippen LogP contribution is 2.16. The summed E-state index contributed by atoms with van der Waals surface area (Å²) in [5.41, 5.74) is 1.59. The van der Waals surface area contributed by atoms with E-state index in [-0.39, 0.29) is 16.3 Å². The molecule has 0 amide bonds. The Morgan fingerprint density at radius 3 is 1.92 bits per heavy atom. The Balaban J connectivity index is 2.48. The van der Waals surface area contributed by atoms with Gasteiger partial charge in [-0.25, -0.2) is 4.79 Å². The molecule has 0 radical (unpaired) electrons. The van der Waals surface area contributed by atoms with E-state index < -0.39 is 16.0 Å². The van der Waals surface area contributed by atoms with E-state index in [1.54, 1.807) is 31.1 Å². The van der Waals surface area contributed by atoms with Crippen LogP contribution >= 0.6 is 0 Å². The lowest BCUT2D eigenvalue weighted by Gasteiger charge is -2.16. The number of carbonyl (C=O) groups is 1. The number of nitrogens with zero attached hydrogens (tertiary/aromatic N) is 2. The van der Waals surface area contributed by atoms with Crippen LogP contribution < -0.4 is 0 Å². The lowest BCUT2D eigenvalue weighted by Crippen LogP contribution is -2.24. The zero-order valence-corrected chi connectivity index (χ0v) is 14.4. The van der Waals surface area contributed by atoms with Crippen LogP contribution in [0.3, 0.4) is 0 Å². The first-order valence-electron chi connectivity index (χ1n) is 7.13. The molecule has 0 aliphatic carbocycles. The molecule has 0 bridgehead atoms. The van der Waals surface area contributed by atoms with Crippen molar-refractivity contribution in [3.05, 3.63) is 65.2 Å². The molecular weight excluding hydrogens is 328 g/mol. The standard InChI is InChI=1S/C17H18N2O4S/c1-12-4-10-15(11-5-12)24(22,23)18-16(19(2)3)13-6-8-14(9-7-13)17(20)21/h4-11H,1-3H3,(H,20,21)/b18-16-. The van der Waals surface area contributed by atoms with Crippen LogP contribution in [0.25, 0.3) is 0 Å². The van der Waals surface area contributed by atoms with Gasteiger partial charge < -0.3 is 10.0 Å². The maximum Gasteiger partial charge on any atom is 0.335 e. The van der Waals surface area contributed by atoms with Crippen LogP contribution in [-0.2, 0) is 10.0 Å². The van der Waals surface area contributed by atoms with Gasteiger partial charge in [0.25, 0.3) is 10.0 Å². The third kappa shape index (κ3) is 3.99. The van der Waals surface area contributed by atoms with E-state index in [9.17, 15) is 13.2 Å². The number of amidine groups is 1. The molecule has 0 saturated heterocycles. The zero-order valence-electron chi connectivity index (χ0n) is 13.6. The molecule has 24 heavy (non-hydrogen) atoms. The number of aromatic carboxylic acids is 1. The molecular formula is C17H18N2O4S. The van der Waals surface area contributed by atoms with Crippen LogP contribution in [0.1, 0.15) is 21.5 Å². The predicted octanol–water partition coefficient (Wildman–Crippen LogP) is 2.39. The monoisotopic (exact) mass is 346 g/mol. The van der Waals surface area contributed by atoms with Crippen molar-refractivity contribution in [2.24, 2.45) is 4.40 Å². The summed E-state index contributed by atoms with van der Waals surface area (Å²) in [6.07, 6.45) is 0. The van der Waals surface area contributed by atoms with E-state index >= 15 is 0 Å². The number of rotatable bonds is 4. The van der Waals surface area contributed by atoms with Crippen molar-refractivity contribution in [1.29, 1.82) is 0 Å². The number of benzene rings is 2. The molecule has 2 rings (SSSR count). The Labute approximate surface area is 141 Å². The number of aryl methyl sites for hydroxylation is 1. The van der Waals surface area contributed by atoms with Gasteiger partial charge in [0.05, 0.1) is 10.5 Å². The SMILES string of the molecule is Cc1ccc(S(=O)(=O)/N=C(/c2ccc(C(=O)O)cc2)N(C)C)cc1. The van der Waals surface area contributed by atoms with Crippen molar-refractivity contribution in [2.75, 3.05) is 14.1 Å². The number of carboxylic acid groups (broad SMARTS) is 1. The highest BCUT2D eigenvalue weighted by Gasteiger charge is 2.17. The first-order chi connectivity index (χ1) is 11.2. The van der Waals surface area contributed by atoms with Crippen molar-refractivity contribution in [3.63, 3.8) is 0 Å². The van der Waals surface area contributed by atoms with Crippen LogP contribution in [0.5, 0.6) is 0 Å². The first-order valence-corrected chi connectivity index (χ1v) is 8.57. The van der Waals surface area contributed by atoms with Crippen LogP contribution in [-0.4, -0.2) is 44.3 Å². The zero-order chi connectivity index (χ0) is 17.9. The molecule has 0 aliphatic heterocycles. The summed E-state index contributed by atoms with van der Waals surface area (Å²) < 4.78 is 28.9. The number of hydrogen-bond acceptors (Lipinski definition) is 3. The molecule has 2 aromatic rings. The first kappa shape index (κ1) is 17.7. The number of hydrogen-bond donors (Lipinski definition) is 1. The van der Waals surface area contributed by atoms with Crippen LogP contribution in [0.4, 0.5) is 0 Å². The lowest BCUT2D eigenvalue weighted by molar-refractivity contribution is 0.0697. The predicted molar refractivity (Wildman–Crippen MR) is 92.0 cm³/mol. The van der Waals surface area contributed by atoms with Crippen molar-refractivity contribution >= 4 is 21.8 Å². The van der Waals surface area contributed by atoms with Gasteiger partial charge in [-0.3, -0.25) is 0 Å². The normalized spacial score (nSPS) is 12.0. The van der Waals surface area contributed by atoms with Crippen molar-refractivity contribution < 1.29 is 18.3 Å². The smallest absolute Gasteiger partial charge is 0.335 e. The molecule has 7 heteroatoms. The third-order valence-electron chi connectivity index (χ3n) is 3.34. The Kier molecular flexibility index (Phi) is 5.04. The van der Waals surface area contributed by atoms with E-state index in [1.165, 1.54) is 36.4 Å². The highest BCUT2D eigenvalue weighted by molar-refractivity contribution is 7.90. The van der Waals surface area contributed by atoms with Crippen LogP contribution in [0.2, 0.25) is 0 Å². The molecule has 0 saturated carbocycles. The fourth-order valence-electron chi connectivity index (χ4n) is 2.03. The van der Waals surface area contributed by atoms with E-state index in [2.05, 4.69) is 4.40 Å². The number of sulfonamides is 1. The molecule has 6 nitrogen and oxygen atoms in total. The van der Waals surface area contributed by atoms with E-state index in [1.807, 2.05) is 6.92 Å². The lowest BCUT2D eigenvalue weighted by atomic mass is 10.1. The molecule has 2 aromatic carbocycles. The quantitative estimate of drug-likeness (QED) is 0.678. The Bertz CT molecular complexity index is 868. The summed E-state index contributed by atoms with van der Waals surface area (Å²) in [5, 5.41) is 8.94. The highest BCUT2D eigenvalue weighted by atomic mass is 32.2. The molecule has 126 valence electrons. The summed E-state index contributed by atoms with van der Waals surface area (Å²) >= 11 is 0. The number of carboxylic acids is 1. The minimum atomic E-state index is -3.87. The summed E-state index contributed by atoms with van der Waals surface area (Å²) in [7, 11) is -0.516. The van der Waals surface area contributed by atoms with Gasteiger partial charge in [0.2, 0.25) is 0 Å². The summed E-state index contributed by atoms with van der Waals surface area (Å²) in [6.45, 7) is 1.87. The molecule has 0 heterocycles. The van der Waals surface area contributed by atoms with Gasteiger partial charge in [-0.2, -0.15) is 8.42 Å². The van der Waals surface area contributed by atoms with Gasteiger partial charge in [-0.05, 0) is 31.2 Å². The maximum absolute atomic E-state index is 12.5. The Morgan fingerprint density at radius 2 is 1.46 bits per heavy atom. The van der Waals surface area contributed by atoms with E-state index in [4.69, 9.17) is 5.11 Å².